The summed E-state index contributed by atoms with van der Waals surface area (Å²) >= 11 is 0. The first-order valence-corrected chi connectivity index (χ1v) is 8.40. The predicted molar refractivity (Wildman–Crippen MR) is 97.6 cm³/mol. The molecule has 1 atom stereocenters. The topological polar surface area (TPSA) is 29.5 Å². The van der Waals surface area contributed by atoms with Crippen LogP contribution in [-0.4, -0.2) is 36.6 Å². The minimum atomic E-state index is -0.218. The Bertz CT molecular complexity index is 487. The lowest BCUT2D eigenvalue weighted by molar-refractivity contribution is 0.0236. The molecule has 130 valence electrons. The van der Waals surface area contributed by atoms with Crippen LogP contribution in [-0.2, 0) is 10.2 Å². The molecule has 1 aliphatic rings. The van der Waals surface area contributed by atoms with Gasteiger partial charge in [-0.1, -0.05) is 39.3 Å². The van der Waals surface area contributed by atoms with E-state index < -0.39 is 0 Å². The third-order valence-electron chi connectivity index (χ3n) is 4.26. The maximum absolute atomic E-state index is 12.2. The Morgan fingerprint density at radius 1 is 1.13 bits per heavy atom. The molecule has 4 heteroatoms. The van der Waals surface area contributed by atoms with E-state index in [1.165, 1.54) is 24.8 Å². The van der Waals surface area contributed by atoms with Crippen LogP contribution >= 0.6 is 12.4 Å². The zero-order chi connectivity index (χ0) is 16.2. The van der Waals surface area contributed by atoms with Gasteiger partial charge in [-0.3, -0.25) is 4.90 Å². The van der Waals surface area contributed by atoms with Crippen molar-refractivity contribution in [2.75, 3.05) is 19.6 Å². The SMILES string of the molecule is CC(CN1CCCCC1)OC(=O)c1ccc(C(C)(C)C)cc1.Cl. The van der Waals surface area contributed by atoms with Crippen LogP contribution in [0.3, 0.4) is 0 Å². The van der Waals surface area contributed by atoms with Crippen LogP contribution in [0.15, 0.2) is 24.3 Å². The van der Waals surface area contributed by atoms with E-state index in [-0.39, 0.29) is 29.9 Å². The van der Waals surface area contributed by atoms with Crippen LogP contribution < -0.4 is 0 Å². The van der Waals surface area contributed by atoms with Crippen molar-refractivity contribution in [2.45, 2.75) is 58.5 Å². The highest BCUT2D eigenvalue weighted by atomic mass is 35.5. The molecule has 2 rings (SSSR count). The summed E-state index contributed by atoms with van der Waals surface area (Å²) in [5.41, 5.74) is 1.97. The van der Waals surface area contributed by atoms with E-state index in [1.54, 1.807) is 0 Å². The number of carbonyl (C=O) groups excluding carboxylic acids is 1. The van der Waals surface area contributed by atoms with Crippen LogP contribution in [0.4, 0.5) is 0 Å². The van der Waals surface area contributed by atoms with Crippen molar-refractivity contribution in [1.29, 1.82) is 0 Å². The molecule has 1 saturated heterocycles. The molecule has 0 N–H and O–H groups in total. The van der Waals surface area contributed by atoms with E-state index in [0.717, 1.165) is 19.6 Å². The monoisotopic (exact) mass is 339 g/mol. The average Bonchev–Trinajstić information content (AvgIpc) is 2.47. The fourth-order valence-corrected chi connectivity index (χ4v) is 2.90. The van der Waals surface area contributed by atoms with E-state index >= 15 is 0 Å². The molecule has 0 saturated carbocycles. The largest absolute Gasteiger partial charge is 0.458 e. The van der Waals surface area contributed by atoms with Crippen molar-refractivity contribution in [1.82, 2.24) is 4.90 Å². The molecule has 1 aromatic carbocycles. The Morgan fingerprint density at radius 3 is 2.22 bits per heavy atom. The number of carbonyl (C=O) groups is 1. The fraction of sp³-hybridized carbons (Fsp3) is 0.632. The van der Waals surface area contributed by atoms with Crippen molar-refractivity contribution < 1.29 is 9.53 Å². The van der Waals surface area contributed by atoms with Gasteiger partial charge in [0, 0.05) is 6.54 Å². The maximum atomic E-state index is 12.2. The molecule has 0 aromatic heterocycles. The van der Waals surface area contributed by atoms with E-state index in [0.29, 0.717) is 5.56 Å². The summed E-state index contributed by atoms with van der Waals surface area (Å²) in [4.78, 5) is 14.6. The van der Waals surface area contributed by atoms with Crippen molar-refractivity contribution in [3.05, 3.63) is 35.4 Å². The Kier molecular flexibility index (Phi) is 7.56. The summed E-state index contributed by atoms with van der Waals surface area (Å²) in [7, 11) is 0. The zero-order valence-corrected chi connectivity index (χ0v) is 15.6. The molecule has 0 spiro atoms. The second-order valence-corrected chi connectivity index (χ2v) is 7.40. The van der Waals surface area contributed by atoms with Gasteiger partial charge in [-0.25, -0.2) is 4.79 Å². The number of ether oxygens (including phenoxy) is 1. The molecule has 0 bridgehead atoms. The van der Waals surface area contributed by atoms with Gasteiger partial charge in [-0.05, 0) is 56.0 Å². The van der Waals surface area contributed by atoms with Gasteiger partial charge in [0.25, 0.3) is 0 Å². The molecular formula is C19H30ClNO2. The highest BCUT2D eigenvalue weighted by Gasteiger charge is 2.18. The summed E-state index contributed by atoms with van der Waals surface area (Å²) in [6, 6.07) is 7.78. The Labute approximate surface area is 146 Å². The standard InChI is InChI=1S/C19H29NO2.ClH/c1-15(14-20-12-6-5-7-13-20)22-18(21)16-8-10-17(11-9-16)19(2,3)4;/h8-11,15H,5-7,12-14H2,1-4H3;1H. The van der Waals surface area contributed by atoms with E-state index in [4.69, 9.17) is 4.74 Å². The number of likely N-dealkylation sites (tertiary alicyclic amines) is 1. The van der Waals surface area contributed by atoms with Crippen LogP contribution in [0.1, 0.15) is 62.9 Å². The molecule has 23 heavy (non-hydrogen) atoms. The van der Waals surface area contributed by atoms with Crippen LogP contribution in [0, 0.1) is 0 Å². The molecule has 1 unspecified atom stereocenters. The summed E-state index contributed by atoms with van der Waals surface area (Å²) in [6.07, 6.45) is 3.78. The molecule has 1 heterocycles. The Hall–Kier alpha value is -1.06. The minimum Gasteiger partial charge on any atom is -0.458 e. The molecule has 0 aliphatic carbocycles. The number of hydrogen-bond donors (Lipinski definition) is 0. The lowest BCUT2D eigenvalue weighted by atomic mass is 9.87. The predicted octanol–water partition coefficient (Wildman–Crippen LogP) is 4.44. The Balaban J connectivity index is 0.00000264. The van der Waals surface area contributed by atoms with Gasteiger partial charge in [0.05, 0.1) is 5.56 Å². The number of esters is 1. The lowest BCUT2D eigenvalue weighted by Crippen LogP contribution is -2.37. The second-order valence-electron chi connectivity index (χ2n) is 7.40. The first kappa shape index (κ1) is 20.0. The van der Waals surface area contributed by atoms with Crippen LogP contribution in [0.2, 0.25) is 0 Å². The minimum absolute atomic E-state index is 0. The normalized spacial score (nSPS) is 17.2. The maximum Gasteiger partial charge on any atom is 0.338 e. The number of piperidine rings is 1. The smallest absolute Gasteiger partial charge is 0.338 e. The number of halogens is 1. The van der Waals surface area contributed by atoms with E-state index in [2.05, 4.69) is 25.7 Å². The third kappa shape index (κ3) is 6.15. The van der Waals surface area contributed by atoms with Crippen molar-refractivity contribution in [3.8, 4) is 0 Å². The Morgan fingerprint density at radius 2 is 1.70 bits per heavy atom. The summed E-state index contributed by atoms with van der Waals surface area (Å²) in [5.74, 6) is -0.218. The highest BCUT2D eigenvalue weighted by molar-refractivity contribution is 5.89. The molecule has 3 nitrogen and oxygen atoms in total. The van der Waals surface area contributed by atoms with Gasteiger partial charge >= 0.3 is 5.97 Å². The van der Waals surface area contributed by atoms with Gasteiger partial charge < -0.3 is 4.74 Å². The van der Waals surface area contributed by atoms with Crippen molar-refractivity contribution in [2.24, 2.45) is 0 Å². The number of hydrogen-bond acceptors (Lipinski definition) is 3. The highest BCUT2D eigenvalue weighted by Crippen LogP contribution is 2.22. The molecule has 1 aromatic rings. The summed E-state index contributed by atoms with van der Waals surface area (Å²) in [5, 5.41) is 0. The average molecular weight is 340 g/mol. The number of rotatable bonds is 4. The van der Waals surface area contributed by atoms with Gasteiger partial charge in [-0.2, -0.15) is 0 Å². The van der Waals surface area contributed by atoms with Crippen LogP contribution in [0.5, 0.6) is 0 Å². The fourth-order valence-electron chi connectivity index (χ4n) is 2.90. The van der Waals surface area contributed by atoms with E-state index in [1.807, 2.05) is 31.2 Å². The second kappa shape index (κ2) is 8.70. The first-order valence-electron chi connectivity index (χ1n) is 8.40. The lowest BCUT2D eigenvalue weighted by Gasteiger charge is -2.28. The van der Waals surface area contributed by atoms with Gasteiger partial charge in [0.15, 0.2) is 0 Å². The molecular weight excluding hydrogens is 310 g/mol. The molecule has 1 fully saturated rings. The summed E-state index contributed by atoms with van der Waals surface area (Å²) in [6.45, 7) is 11.6. The molecule has 0 radical (unpaired) electrons. The number of benzene rings is 1. The van der Waals surface area contributed by atoms with Crippen LogP contribution in [0.25, 0.3) is 0 Å². The zero-order valence-electron chi connectivity index (χ0n) is 14.8. The van der Waals surface area contributed by atoms with Gasteiger partial charge in [0.1, 0.15) is 6.10 Å². The quantitative estimate of drug-likeness (QED) is 0.760. The third-order valence-corrected chi connectivity index (χ3v) is 4.26. The number of nitrogens with zero attached hydrogens (tertiary/aromatic N) is 1. The molecule has 0 amide bonds. The first-order chi connectivity index (χ1) is 10.4. The van der Waals surface area contributed by atoms with Crippen molar-refractivity contribution >= 4 is 18.4 Å². The van der Waals surface area contributed by atoms with Gasteiger partial charge in [0.2, 0.25) is 0 Å². The van der Waals surface area contributed by atoms with Gasteiger partial charge in [-0.15, -0.1) is 12.4 Å². The molecule has 1 aliphatic heterocycles. The van der Waals surface area contributed by atoms with E-state index in [9.17, 15) is 4.79 Å². The van der Waals surface area contributed by atoms with Crippen molar-refractivity contribution in [3.63, 3.8) is 0 Å². The summed E-state index contributed by atoms with van der Waals surface area (Å²) < 4.78 is 5.58.